The third-order valence-corrected chi connectivity index (χ3v) is 4.36. The highest BCUT2D eigenvalue weighted by atomic mass is 32.1. The van der Waals surface area contributed by atoms with Gasteiger partial charge in [0.05, 0.1) is 18.8 Å². The second kappa shape index (κ2) is 6.20. The lowest BCUT2D eigenvalue weighted by molar-refractivity contribution is -0.119. The number of thiazole rings is 1. The highest BCUT2D eigenvalue weighted by Crippen LogP contribution is 2.24. The number of aromatic nitrogens is 1. The van der Waals surface area contributed by atoms with E-state index < -0.39 is 0 Å². The van der Waals surface area contributed by atoms with Gasteiger partial charge in [0.1, 0.15) is 5.01 Å². The van der Waals surface area contributed by atoms with Crippen molar-refractivity contribution in [1.29, 1.82) is 0 Å². The van der Waals surface area contributed by atoms with E-state index in [1.165, 1.54) is 10.7 Å². The maximum atomic E-state index is 10.9. The summed E-state index contributed by atoms with van der Waals surface area (Å²) in [5.41, 5.74) is 6.51. The van der Waals surface area contributed by atoms with Crippen molar-refractivity contribution in [2.75, 3.05) is 32.7 Å². The Labute approximate surface area is 124 Å². The first kappa shape index (κ1) is 15.4. The molecule has 0 radical (unpaired) electrons. The maximum absolute atomic E-state index is 10.9. The monoisotopic (exact) mass is 296 g/mol. The standard InChI is InChI=1S/C14H24N4OS/c1-14(2,3)11-10-20-13(16-11)9-18-6-4-17(5-7-18)8-12(15)19/h10H,4-9H2,1-3H3,(H2,15,19). The minimum absolute atomic E-state index is 0.120. The van der Waals surface area contributed by atoms with Gasteiger partial charge in [-0.15, -0.1) is 11.3 Å². The summed E-state index contributed by atoms with van der Waals surface area (Å²) in [5.74, 6) is -0.242. The van der Waals surface area contributed by atoms with Crippen LogP contribution in [0.2, 0.25) is 0 Å². The molecule has 6 heteroatoms. The first-order valence-electron chi connectivity index (χ1n) is 7.02. The molecule has 2 rings (SSSR count). The molecule has 1 amide bonds. The van der Waals surface area contributed by atoms with E-state index in [0.29, 0.717) is 6.54 Å². The number of hydrogen-bond donors (Lipinski definition) is 1. The van der Waals surface area contributed by atoms with Gasteiger partial charge < -0.3 is 5.73 Å². The van der Waals surface area contributed by atoms with Crippen LogP contribution in [0.25, 0.3) is 0 Å². The van der Waals surface area contributed by atoms with Crippen molar-refractivity contribution >= 4 is 17.2 Å². The van der Waals surface area contributed by atoms with Crippen molar-refractivity contribution < 1.29 is 4.79 Å². The molecule has 1 aliphatic heterocycles. The lowest BCUT2D eigenvalue weighted by Gasteiger charge is -2.33. The topological polar surface area (TPSA) is 62.5 Å². The Morgan fingerprint density at radius 1 is 1.30 bits per heavy atom. The van der Waals surface area contributed by atoms with Gasteiger partial charge in [-0.25, -0.2) is 4.98 Å². The predicted octanol–water partition coefficient (Wildman–Crippen LogP) is 1.04. The number of nitrogens with two attached hydrogens (primary N) is 1. The smallest absolute Gasteiger partial charge is 0.231 e. The van der Waals surface area contributed by atoms with Crippen molar-refractivity contribution in [3.05, 3.63) is 16.1 Å². The van der Waals surface area contributed by atoms with E-state index in [1.54, 1.807) is 11.3 Å². The molecule has 2 N–H and O–H groups in total. The van der Waals surface area contributed by atoms with Gasteiger partial charge in [0.15, 0.2) is 0 Å². The van der Waals surface area contributed by atoms with Crippen LogP contribution < -0.4 is 5.73 Å². The zero-order valence-corrected chi connectivity index (χ0v) is 13.4. The summed E-state index contributed by atoms with van der Waals surface area (Å²) in [7, 11) is 0. The molecule has 1 aromatic rings. The number of piperazine rings is 1. The van der Waals surface area contributed by atoms with Crippen LogP contribution in [0.4, 0.5) is 0 Å². The lowest BCUT2D eigenvalue weighted by Crippen LogP contribution is -2.48. The minimum Gasteiger partial charge on any atom is -0.369 e. The summed E-state index contributed by atoms with van der Waals surface area (Å²) >= 11 is 1.74. The molecule has 1 saturated heterocycles. The number of carbonyl (C=O) groups is 1. The van der Waals surface area contributed by atoms with Crippen LogP contribution in [0.15, 0.2) is 5.38 Å². The van der Waals surface area contributed by atoms with E-state index in [2.05, 4.69) is 36.0 Å². The van der Waals surface area contributed by atoms with Crippen LogP contribution in [0, 0.1) is 0 Å². The van der Waals surface area contributed by atoms with Gasteiger partial charge >= 0.3 is 0 Å². The summed E-state index contributed by atoms with van der Waals surface area (Å²) in [5, 5.41) is 3.34. The lowest BCUT2D eigenvalue weighted by atomic mass is 9.93. The van der Waals surface area contributed by atoms with Crippen LogP contribution in [0.5, 0.6) is 0 Å². The van der Waals surface area contributed by atoms with Crippen molar-refractivity contribution in [3.8, 4) is 0 Å². The molecule has 5 nitrogen and oxygen atoms in total. The average Bonchev–Trinajstić information content (AvgIpc) is 2.79. The van der Waals surface area contributed by atoms with Crippen LogP contribution in [-0.2, 0) is 16.8 Å². The maximum Gasteiger partial charge on any atom is 0.231 e. The van der Waals surface area contributed by atoms with Gasteiger partial charge in [0, 0.05) is 37.0 Å². The molecule has 2 heterocycles. The van der Waals surface area contributed by atoms with Gasteiger partial charge in [0.2, 0.25) is 5.91 Å². The highest BCUT2D eigenvalue weighted by molar-refractivity contribution is 7.09. The Balaban J connectivity index is 1.84. The second-order valence-electron chi connectivity index (χ2n) is 6.40. The number of amides is 1. The SMILES string of the molecule is CC(C)(C)c1csc(CN2CCN(CC(N)=O)CC2)n1. The van der Waals surface area contributed by atoms with E-state index in [9.17, 15) is 4.79 Å². The molecule has 0 aromatic carbocycles. The predicted molar refractivity (Wildman–Crippen MR) is 81.7 cm³/mol. The number of primary amides is 1. The Kier molecular flexibility index (Phi) is 4.78. The average molecular weight is 296 g/mol. The van der Waals surface area contributed by atoms with Crippen LogP contribution in [0.3, 0.4) is 0 Å². The Hall–Kier alpha value is -0.980. The van der Waals surface area contributed by atoms with Crippen molar-refractivity contribution in [3.63, 3.8) is 0 Å². The first-order chi connectivity index (χ1) is 9.34. The van der Waals surface area contributed by atoms with Crippen LogP contribution in [-0.4, -0.2) is 53.4 Å². The number of hydrogen-bond acceptors (Lipinski definition) is 5. The number of carbonyl (C=O) groups excluding carboxylic acids is 1. The molecule has 1 fully saturated rings. The third kappa shape index (κ3) is 4.26. The fourth-order valence-electron chi connectivity index (χ4n) is 2.25. The van der Waals surface area contributed by atoms with Gasteiger partial charge in [-0.2, -0.15) is 0 Å². The molecular formula is C14H24N4OS. The fourth-order valence-corrected chi connectivity index (χ4v) is 3.31. The second-order valence-corrected chi connectivity index (χ2v) is 7.34. The van der Waals surface area contributed by atoms with E-state index in [0.717, 1.165) is 32.7 Å². The Bertz CT molecular complexity index is 458. The van der Waals surface area contributed by atoms with Crippen molar-refractivity contribution in [2.45, 2.75) is 32.7 Å². The van der Waals surface area contributed by atoms with Gasteiger partial charge in [-0.3, -0.25) is 14.6 Å². The van der Waals surface area contributed by atoms with Gasteiger partial charge in [-0.05, 0) is 0 Å². The van der Waals surface area contributed by atoms with Crippen molar-refractivity contribution in [2.24, 2.45) is 5.73 Å². The minimum atomic E-state index is -0.242. The number of nitrogens with zero attached hydrogens (tertiary/aromatic N) is 3. The third-order valence-electron chi connectivity index (χ3n) is 3.52. The van der Waals surface area contributed by atoms with Gasteiger partial charge in [0.25, 0.3) is 0 Å². The van der Waals surface area contributed by atoms with E-state index >= 15 is 0 Å². The van der Waals surface area contributed by atoms with Crippen molar-refractivity contribution in [1.82, 2.24) is 14.8 Å². The molecular weight excluding hydrogens is 272 g/mol. The molecule has 1 aliphatic rings. The highest BCUT2D eigenvalue weighted by Gasteiger charge is 2.21. The Morgan fingerprint density at radius 2 is 1.90 bits per heavy atom. The van der Waals surface area contributed by atoms with Crippen LogP contribution in [0.1, 0.15) is 31.5 Å². The molecule has 112 valence electrons. The quantitative estimate of drug-likeness (QED) is 0.902. The zero-order valence-electron chi connectivity index (χ0n) is 12.6. The van der Waals surface area contributed by atoms with E-state index in [1.807, 2.05) is 0 Å². The Morgan fingerprint density at radius 3 is 2.40 bits per heavy atom. The molecule has 0 spiro atoms. The molecule has 1 aromatic heterocycles. The molecule has 0 atom stereocenters. The molecule has 0 aliphatic carbocycles. The first-order valence-corrected chi connectivity index (χ1v) is 7.90. The molecule has 0 bridgehead atoms. The molecule has 0 saturated carbocycles. The summed E-state index contributed by atoms with van der Waals surface area (Å²) in [6.45, 7) is 11.6. The fraction of sp³-hybridized carbons (Fsp3) is 0.714. The van der Waals surface area contributed by atoms with E-state index in [4.69, 9.17) is 10.7 Å². The molecule has 0 unspecified atom stereocenters. The van der Waals surface area contributed by atoms with E-state index in [-0.39, 0.29) is 11.3 Å². The number of rotatable bonds is 4. The summed E-state index contributed by atoms with van der Waals surface area (Å²) < 4.78 is 0. The summed E-state index contributed by atoms with van der Waals surface area (Å²) in [4.78, 5) is 20.1. The summed E-state index contributed by atoms with van der Waals surface area (Å²) in [6.07, 6.45) is 0. The zero-order chi connectivity index (χ0) is 14.8. The van der Waals surface area contributed by atoms with Gasteiger partial charge in [-0.1, -0.05) is 20.8 Å². The normalized spacial score (nSPS) is 18.4. The van der Waals surface area contributed by atoms with Crippen LogP contribution >= 0.6 is 11.3 Å². The molecule has 20 heavy (non-hydrogen) atoms. The summed E-state index contributed by atoms with van der Waals surface area (Å²) in [6, 6.07) is 0. The largest absolute Gasteiger partial charge is 0.369 e.